The minimum atomic E-state index is 0.136. The summed E-state index contributed by atoms with van der Waals surface area (Å²) in [5.74, 6) is 0.136. The van der Waals surface area contributed by atoms with Crippen molar-refractivity contribution in [3.63, 3.8) is 0 Å². The number of hydrogen-bond acceptors (Lipinski definition) is 1. The minimum Gasteiger partial charge on any atom is -0.289 e. The lowest BCUT2D eigenvalue weighted by molar-refractivity contribution is 0.103. The van der Waals surface area contributed by atoms with Crippen LogP contribution in [0, 0.1) is 0 Å². The largest absolute Gasteiger partial charge is 0.289 e. The highest BCUT2D eigenvalue weighted by Gasteiger charge is 2.22. The summed E-state index contributed by atoms with van der Waals surface area (Å²) < 4.78 is 0. The van der Waals surface area contributed by atoms with Crippen LogP contribution >= 0.6 is 0 Å². The third-order valence-corrected chi connectivity index (χ3v) is 4.59. The van der Waals surface area contributed by atoms with Gasteiger partial charge in [0.2, 0.25) is 0 Å². The first kappa shape index (κ1) is 14.6. The minimum absolute atomic E-state index is 0.136. The Balaban J connectivity index is 1.75. The molecule has 2 aliphatic carbocycles. The number of fused-ring (bicyclic) bond motifs is 1. The third-order valence-electron chi connectivity index (χ3n) is 4.59. The van der Waals surface area contributed by atoms with Gasteiger partial charge in [0.1, 0.15) is 0 Å². The van der Waals surface area contributed by atoms with Crippen LogP contribution in [0.2, 0.25) is 0 Å². The fraction of sp³-hybridized carbons (Fsp3) is 0.0870. The van der Waals surface area contributed by atoms with Crippen LogP contribution in [0.3, 0.4) is 0 Å². The van der Waals surface area contributed by atoms with Gasteiger partial charge in [-0.2, -0.15) is 0 Å². The second-order valence-corrected chi connectivity index (χ2v) is 6.13. The molecule has 24 heavy (non-hydrogen) atoms. The van der Waals surface area contributed by atoms with E-state index in [1.807, 2.05) is 36.4 Å². The molecule has 116 valence electrons. The molecule has 2 aromatic rings. The molecule has 0 spiro atoms. The molecule has 0 unspecified atom stereocenters. The molecule has 0 fully saturated rings. The number of carbonyl (C=O) groups excluding carboxylic acids is 1. The van der Waals surface area contributed by atoms with E-state index in [1.54, 1.807) is 0 Å². The van der Waals surface area contributed by atoms with Crippen LogP contribution < -0.4 is 0 Å². The topological polar surface area (TPSA) is 17.1 Å². The van der Waals surface area contributed by atoms with E-state index in [4.69, 9.17) is 0 Å². The van der Waals surface area contributed by atoms with Crippen molar-refractivity contribution in [2.45, 2.75) is 12.8 Å². The summed E-state index contributed by atoms with van der Waals surface area (Å²) in [6, 6.07) is 18.2. The first-order chi connectivity index (χ1) is 11.8. The highest BCUT2D eigenvalue weighted by atomic mass is 16.1. The molecule has 2 aliphatic rings. The summed E-state index contributed by atoms with van der Waals surface area (Å²) in [6.45, 7) is 0. The highest BCUT2D eigenvalue weighted by Crippen LogP contribution is 2.32. The molecule has 1 nitrogen and oxygen atoms in total. The SMILES string of the molecule is O=C1C(=C2CC=CC=C2Cc2ccccc2)C=Cc2ccccc21. The second kappa shape index (κ2) is 6.29. The van der Waals surface area contributed by atoms with Crippen LogP contribution in [0.4, 0.5) is 0 Å². The van der Waals surface area contributed by atoms with Gasteiger partial charge in [-0.3, -0.25) is 4.79 Å². The first-order valence-electron chi connectivity index (χ1n) is 8.28. The second-order valence-electron chi connectivity index (χ2n) is 6.13. The summed E-state index contributed by atoms with van der Waals surface area (Å²) >= 11 is 0. The van der Waals surface area contributed by atoms with Gasteiger partial charge in [0.25, 0.3) is 0 Å². The summed E-state index contributed by atoms with van der Waals surface area (Å²) in [6.07, 6.45) is 12.1. The van der Waals surface area contributed by atoms with Crippen LogP contribution in [0.15, 0.2) is 95.6 Å². The molecule has 0 saturated heterocycles. The van der Waals surface area contributed by atoms with Crippen LogP contribution in [0.25, 0.3) is 6.08 Å². The predicted molar refractivity (Wildman–Crippen MR) is 98.8 cm³/mol. The van der Waals surface area contributed by atoms with Gasteiger partial charge in [0.05, 0.1) is 0 Å². The average Bonchev–Trinajstić information content (AvgIpc) is 2.64. The number of Topliss-reactive ketones (excluding diaryl/α,β-unsaturated/α-hetero) is 1. The van der Waals surface area contributed by atoms with E-state index in [1.165, 1.54) is 11.1 Å². The Labute approximate surface area is 142 Å². The number of hydrogen-bond donors (Lipinski definition) is 0. The Hall–Kier alpha value is -2.93. The van der Waals surface area contributed by atoms with E-state index in [0.29, 0.717) is 0 Å². The summed E-state index contributed by atoms with van der Waals surface area (Å²) in [5.41, 5.74) is 6.29. The Bertz CT molecular complexity index is 908. The maximum atomic E-state index is 13.0. The molecule has 0 radical (unpaired) electrons. The van der Waals surface area contributed by atoms with E-state index in [-0.39, 0.29) is 5.78 Å². The van der Waals surface area contributed by atoms with Crippen molar-refractivity contribution < 1.29 is 4.79 Å². The van der Waals surface area contributed by atoms with Crippen molar-refractivity contribution in [3.05, 3.63) is 112 Å². The number of allylic oxidation sites excluding steroid dienone is 7. The number of ketones is 1. The van der Waals surface area contributed by atoms with Gasteiger partial charge in [0, 0.05) is 11.1 Å². The van der Waals surface area contributed by atoms with Crippen molar-refractivity contribution in [1.29, 1.82) is 0 Å². The van der Waals surface area contributed by atoms with Crippen molar-refractivity contribution in [2.24, 2.45) is 0 Å². The zero-order chi connectivity index (χ0) is 16.4. The average molecular weight is 310 g/mol. The molecule has 0 bridgehead atoms. The van der Waals surface area contributed by atoms with Gasteiger partial charge < -0.3 is 0 Å². The first-order valence-corrected chi connectivity index (χ1v) is 8.28. The van der Waals surface area contributed by atoms with E-state index in [0.717, 1.165) is 35.1 Å². The van der Waals surface area contributed by atoms with Crippen molar-refractivity contribution >= 4 is 11.9 Å². The van der Waals surface area contributed by atoms with E-state index in [2.05, 4.69) is 48.6 Å². The quantitative estimate of drug-likeness (QED) is 0.686. The maximum Gasteiger partial charge on any atom is 0.193 e. The third kappa shape index (κ3) is 2.69. The zero-order valence-corrected chi connectivity index (χ0v) is 13.4. The fourth-order valence-electron chi connectivity index (χ4n) is 3.35. The molecule has 0 aromatic heterocycles. The van der Waals surface area contributed by atoms with Crippen molar-refractivity contribution in [1.82, 2.24) is 0 Å². The van der Waals surface area contributed by atoms with Gasteiger partial charge in [-0.15, -0.1) is 0 Å². The molecular formula is C23H18O. The number of carbonyl (C=O) groups is 1. The lowest BCUT2D eigenvalue weighted by atomic mass is 9.83. The molecule has 0 atom stereocenters. The summed E-state index contributed by atoms with van der Waals surface area (Å²) in [4.78, 5) is 13.0. The molecule has 0 N–H and O–H groups in total. The summed E-state index contributed by atoms with van der Waals surface area (Å²) in [7, 11) is 0. The Kier molecular flexibility index (Phi) is 3.84. The van der Waals surface area contributed by atoms with Crippen molar-refractivity contribution in [3.8, 4) is 0 Å². The van der Waals surface area contributed by atoms with Gasteiger partial charge in [-0.05, 0) is 35.1 Å². The van der Waals surface area contributed by atoms with E-state index >= 15 is 0 Å². The Morgan fingerprint density at radius 1 is 0.875 bits per heavy atom. The fourth-order valence-corrected chi connectivity index (χ4v) is 3.35. The molecule has 2 aromatic carbocycles. The standard InChI is InChI=1S/C23H18O/c24-23-21-13-7-4-10-18(21)14-15-22(23)20-12-6-5-11-19(20)16-17-8-2-1-3-9-17/h1-11,13-15H,12,16H2. The zero-order valence-electron chi connectivity index (χ0n) is 13.4. The lowest BCUT2D eigenvalue weighted by Crippen LogP contribution is -2.12. The summed E-state index contributed by atoms with van der Waals surface area (Å²) in [5, 5.41) is 0. The molecule has 4 rings (SSSR count). The van der Waals surface area contributed by atoms with E-state index < -0.39 is 0 Å². The van der Waals surface area contributed by atoms with Crippen LogP contribution in [0.5, 0.6) is 0 Å². The molecule has 0 saturated carbocycles. The van der Waals surface area contributed by atoms with Gasteiger partial charge in [-0.1, -0.05) is 85.0 Å². The monoisotopic (exact) mass is 310 g/mol. The molecule has 0 heterocycles. The smallest absolute Gasteiger partial charge is 0.193 e. The van der Waals surface area contributed by atoms with Gasteiger partial charge >= 0.3 is 0 Å². The highest BCUT2D eigenvalue weighted by molar-refractivity contribution is 6.16. The number of rotatable bonds is 2. The maximum absolute atomic E-state index is 13.0. The molecule has 0 amide bonds. The van der Waals surface area contributed by atoms with Crippen LogP contribution in [-0.2, 0) is 6.42 Å². The molecule has 0 aliphatic heterocycles. The molecular weight excluding hydrogens is 292 g/mol. The molecule has 1 heteroatoms. The van der Waals surface area contributed by atoms with Crippen LogP contribution in [0.1, 0.15) is 27.9 Å². The van der Waals surface area contributed by atoms with Gasteiger partial charge in [-0.25, -0.2) is 0 Å². The van der Waals surface area contributed by atoms with Gasteiger partial charge in [0.15, 0.2) is 5.78 Å². The number of benzene rings is 2. The van der Waals surface area contributed by atoms with Crippen molar-refractivity contribution in [2.75, 3.05) is 0 Å². The lowest BCUT2D eigenvalue weighted by Gasteiger charge is -2.20. The Morgan fingerprint density at radius 2 is 1.67 bits per heavy atom. The Morgan fingerprint density at radius 3 is 2.54 bits per heavy atom. The predicted octanol–water partition coefficient (Wildman–Crippen LogP) is 5.32. The normalized spacial score (nSPS) is 19.2. The van der Waals surface area contributed by atoms with Crippen LogP contribution in [-0.4, -0.2) is 5.78 Å². The van der Waals surface area contributed by atoms with E-state index in [9.17, 15) is 4.79 Å².